The van der Waals surface area contributed by atoms with Gasteiger partial charge in [0.25, 0.3) is 0 Å². The Balaban J connectivity index is 1.57. The molecular formula is C16H26N4O. The van der Waals surface area contributed by atoms with Crippen molar-refractivity contribution in [3.8, 4) is 12.3 Å². The number of hydrogen-bond acceptors (Lipinski definition) is 4. The Morgan fingerprint density at radius 3 is 2.67 bits per heavy atom. The smallest absolute Gasteiger partial charge is 0.220 e. The van der Waals surface area contributed by atoms with E-state index < -0.39 is 0 Å². The first-order chi connectivity index (χ1) is 10.2. The first kappa shape index (κ1) is 16.0. The van der Waals surface area contributed by atoms with E-state index in [9.17, 15) is 4.79 Å². The lowest BCUT2D eigenvalue weighted by molar-refractivity contribution is -0.121. The molecule has 0 spiro atoms. The first-order valence-corrected chi connectivity index (χ1v) is 8.04. The summed E-state index contributed by atoms with van der Waals surface area (Å²) in [5, 5.41) is 11.2. The van der Waals surface area contributed by atoms with E-state index in [0.29, 0.717) is 25.2 Å². The number of nitrogens with zero attached hydrogens (tertiary/aromatic N) is 3. The van der Waals surface area contributed by atoms with Crippen molar-refractivity contribution in [1.29, 1.82) is 0 Å². The van der Waals surface area contributed by atoms with Crippen LogP contribution in [0.4, 0.5) is 0 Å². The average molecular weight is 290 g/mol. The highest BCUT2D eigenvalue weighted by atomic mass is 16.1. The second-order valence-corrected chi connectivity index (χ2v) is 6.07. The summed E-state index contributed by atoms with van der Waals surface area (Å²) < 4.78 is 0. The number of carbonyl (C=O) groups excluding carboxylic acids is 1. The minimum atomic E-state index is -0.337. The van der Waals surface area contributed by atoms with Crippen LogP contribution in [0.15, 0.2) is 10.2 Å². The van der Waals surface area contributed by atoms with Crippen LogP contribution in [0.3, 0.4) is 0 Å². The minimum Gasteiger partial charge on any atom is -0.356 e. The highest BCUT2D eigenvalue weighted by Gasteiger charge is 2.39. The molecule has 0 saturated carbocycles. The molecule has 0 bridgehead atoms. The monoisotopic (exact) mass is 290 g/mol. The molecule has 5 heteroatoms. The van der Waals surface area contributed by atoms with Gasteiger partial charge in [0.2, 0.25) is 5.91 Å². The Bertz CT molecular complexity index is 412. The van der Waals surface area contributed by atoms with Crippen LogP contribution in [0.2, 0.25) is 0 Å². The molecule has 2 aliphatic rings. The van der Waals surface area contributed by atoms with Crippen LogP contribution in [-0.2, 0) is 4.79 Å². The van der Waals surface area contributed by atoms with Crippen LogP contribution in [0.1, 0.15) is 45.4 Å². The van der Waals surface area contributed by atoms with Crippen LogP contribution in [0, 0.1) is 18.3 Å². The fourth-order valence-electron chi connectivity index (χ4n) is 2.84. The van der Waals surface area contributed by atoms with Gasteiger partial charge < -0.3 is 10.2 Å². The van der Waals surface area contributed by atoms with Crippen molar-refractivity contribution in [3.05, 3.63) is 0 Å². The third kappa shape index (κ3) is 5.13. The van der Waals surface area contributed by atoms with Gasteiger partial charge >= 0.3 is 0 Å². The van der Waals surface area contributed by atoms with Crippen LogP contribution >= 0.6 is 0 Å². The van der Waals surface area contributed by atoms with Crippen molar-refractivity contribution in [2.75, 3.05) is 26.2 Å². The lowest BCUT2D eigenvalue weighted by Crippen LogP contribution is -2.38. The molecular weight excluding hydrogens is 264 g/mol. The van der Waals surface area contributed by atoms with Crippen molar-refractivity contribution in [3.63, 3.8) is 0 Å². The molecule has 0 atom stereocenters. The van der Waals surface area contributed by atoms with Gasteiger partial charge in [-0.1, -0.05) is 6.92 Å². The Hall–Kier alpha value is -1.41. The molecule has 0 unspecified atom stereocenters. The number of hydrogen-bond donors (Lipinski definition) is 1. The Labute approximate surface area is 127 Å². The summed E-state index contributed by atoms with van der Waals surface area (Å²) in [6.07, 6.45) is 10.2. The summed E-state index contributed by atoms with van der Waals surface area (Å²) in [5.74, 6) is 3.35. The molecule has 2 rings (SSSR count). The molecule has 0 aromatic carbocycles. The lowest BCUT2D eigenvalue weighted by Gasteiger charge is -2.31. The van der Waals surface area contributed by atoms with Crippen molar-refractivity contribution in [2.45, 2.75) is 51.1 Å². The van der Waals surface area contributed by atoms with Crippen molar-refractivity contribution in [2.24, 2.45) is 16.1 Å². The predicted octanol–water partition coefficient (Wildman–Crippen LogP) is 2.19. The molecule has 2 heterocycles. The number of piperidine rings is 1. The zero-order chi connectivity index (χ0) is 15.1. The zero-order valence-electron chi connectivity index (χ0n) is 13.0. The van der Waals surface area contributed by atoms with E-state index in [1.165, 1.54) is 12.8 Å². The highest BCUT2D eigenvalue weighted by Crippen LogP contribution is 2.37. The van der Waals surface area contributed by atoms with Gasteiger partial charge in [0.15, 0.2) is 5.66 Å². The number of rotatable bonds is 8. The van der Waals surface area contributed by atoms with Gasteiger partial charge in [0.05, 0.1) is 0 Å². The largest absolute Gasteiger partial charge is 0.356 e. The topological polar surface area (TPSA) is 57.1 Å². The third-order valence-electron chi connectivity index (χ3n) is 4.55. The van der Waals surface area contributed by atoms with Crippen molar-refractivity contribution >= 4 is 5.91 Å². The molecule has 2 aliphatic heterocycles. The molecule has 0 aliphatic carbocycles. The predicted molar refractivity (Wildman–Crippen MR) is 82.7 cm³/mol. The molecule has 1 fully saturated rings. The van der Waals surface area contributed by atoms with Crippen molar-refractivity contribution in [1.82, 2.24) is 10.2 Å². The number of nitrogens with one attached hydrogen (secondary N) is 1. The van der Waals surface area contributed by atoms with Crippen LogP contribution in [0.25, 0.3) is 0 Å². The molecule has 1 N–H and O–H groups in total. The fourth-order valence-corrected chi connectivity index (χ4v) is 2.84. The summed E-state index contributed by atoms with van der Waals surface area (Å²) in [7, 11) is 0. The van der Waals surface area contributed by atoms with Gasteiger partial charge in [-0.15, -0.1) is 12.3 Å². The molecule has 0 aromatic heterocycles. The van der Waals surface area contributed by atoms with Gasteiger partial charge in [-0.3, -0.25) is 4.79 Å². The summed E-state index contributed by atoms with van der Waals surface area (Å²) >= 11 is 0. The summed E-state index contributed by atoms with van der Waals surface area (Å²) in [5.41, 5.74) is -0.337. The summed E-state index contributed by atoms with van der Waals surface area (Å²) in [6, 6.07) is 0. The SMILES string of the molecule is C#CCCC1(CCC(=O)NCC2CCN(CC)CC2)N=N1. The molecule has 21 heavy (non-hydrogen) atoms. The third-order valence-corrected chi connectivity index (χ3v) is 4.55. The average Bonchev–Trinajstić information content (AvgIpc) is 3.30. The molecule has 1 amide bonds. The fraction of sp³-hybridized carbons (Fsp3) is 0.812. The van der Waals surface area contributed by atoms with E-state index in [4.69, 9.17) is 6.42 Å². The highest BCUT2D eigenvalue weighted by molar-refractivity contribution is 5.76. The normalized spacial score (nSPS) is 21.0. The standard InChI is InChI=1S/C16H26N4O/c1-3-5-9-16(18-19-16)10-6-15(21)17-13-14-7-11-20(4-2)12-8-14/h1,14H,4-13H2,2H3,(H,17,21). The van der Waals surface area contributed by atoms with E-state index in [0.717, 1.165) is 32.6 Å². The molecule has 5 nitrogen and oxygen atoms in total. The minimum absolute atomic E-state index is 0.116. The Kier molecular flexibility index (Phi) is 5.75. The molecule has 0 radical (unpaired) electrons. The van der Waals surface area contributed by atoms with Gasteiger partial charge in [-0.05, 0) is 38.4 Å². The molecule has 116 valence electrons. The maximum atomic E-state index is 11.9. The maximum absolute atomic E-state index is 11.9. The number of amides is 1. The molecule has 0 aromatic rings. The first-order valence-electron chi connectivity index (χ1n) is 8.04. The summed E-state index contributed by atoms with van der Waals surface area (Å²) in [4.78, 5) is 14.4. The van der Waals surface area contributed by atoms with Crippen LogP contribution in [0.5, 0.6) is 0 Å². The van der Waals surface area contributed by atoms with Gasteiger partial charge in [0.1, 0.15) is 0 Å². The Morgan fingerprint density at radius 2 is 2.10 bits per heavy atom. The lowest BCUT2D eigenvalue weighted by atomic mass is 9.96. The quantitative estimate of drug-likeness (QED) is 0.697. The number of likely N-dealkylation sites (tertiary alicyclic amines) is 1. The van der Waals surface area contributed by atoms with E-state index in [1.54, 1.807) is 0 Å². The Morgan fingerprint density at radius 1 is 1.38 bits per heavy atom. The van der Waals surface area contributed by atoms with Gasteiger partial charge in [-0.2, -0.15) is 10.2 Å². The molecule has 1 saturated heterocycles. The van der Waals surface area contributed by atoms with Gasteiger partial charge in [0, 0.05) is 32.2 Å². The van der Waals surface area contributed by atoms with Crippen molar-refractivity contribution < 1.29 is 4.79 Å². The van der Waals surface area contributed by atoms with E-state index in [2.05, 4.69) is 33.3 Å². The van der Waals surface area contributed by atoms with Crippen LogP contribution in [-0.4, -0.2) is 42.6 Å². The van der Waals surface area contributed by atoms with E-state index >= 15 is 0 Å². The maximum Gasteiger partial charge on any atom is 0.220 e. The zero-order valence-corrected chi connectivity index (χ0v) is 13.0. The summed E-state index contributed by atoms with van der Waals surface area (Å²) in [6.45, 7) is 6.45. The van der Waals surface area contributed by atoms with Crippen LogP contribution < -0.4 is 5.32 Å². The van der Waals surface area contributed by atoms with E-state index in [1.807, 2.05) is 0 Å². The van der Waals surface area contributed by atoms with Gasteiger partial charge in [-0.25, -0.2) is 0 Å². The second-order valence-electron chi connectivity index (χ2n) is 6.07. The number of terminal acetylenes is 1. The second kappa shape index (κ2) is 7.56. The number of carbonyl (C=O) groups is 1. The van der Waals surface area contributed by atoms with E-state index in [-0.39, 0.29) is 11.6 Å².